The molecule has 0 saturated carbocycles. The van der Waals surface area contributed by atoms with Gasteiger partial charge in [0, 0.05) is 13.1 Å². The Morgan fingerprint density at radius 1 is 0.857 bits per heavy atom. The van der Waals surface area contributed by atoms with Gasteiger partial charge in [-0.3, -0.25) is 0 Å². The molecular weight excluding hydrogens is 346 g/mol. The highest BCUT2D eigenvalue weighted by molar-refractivity contribution is 5.19. The lowest BCUT2D eigenvalue weighted by Crippen LogP contribution is -2.26. The van der Waals surface area contributed by atoms with Crippen molar-refractivity contribution in [2.45, 2.75) is 53.4 Å². The predicted octanol–water partition coefficient (Wildman–Crippen LogP) is 4.33. The van der Waals surface area contributed by atoms with E-state index in [1.54, 1.807) is 0 Å². The lowest BCUT2D eigenvalue weighted by Gasteiger charge is -2.17. The van der Waals surface area contributed by atoms with Crippen LogP contribution in [0.4, 0.5) is 0 Å². The molecule has 0 aromatic carbocycles. The van der Waals surface area contributed by atoms with Crippen molar-refractivity contribution in [1.82, 2.24) is 16.0 Å². The van der Waals surface area contributed by atoms with Gasteiger partial charge in [0.25, 0.3) is 0 Å². The molecule has 0 unspecified atom stereocenters. The minimum Gasteiger partial charge on any atom is -0.387 e. The molecule has 0 radical (unpaired) electrons. The first-order chi connectivity index (χ1) is 13.6. The van der Waals surface area contributed by atoms with E-state index < -0.39 is 0 Å². The topological polar surface area (TPSA) is 45.3 Å². The maximum absolute atomic E-state index is 5.06. The van der Waals surface area contributed by atoms with Crippen LogP contribution in [0.3, 0.4) is 0 Å². The maximum atomic E-state index is 5.06. The van der Waals surface area contributed by atoms with Crippen molar-refractivity contribution in [3.63, 3.8) is 0 Å². The van der Waals surface area contributed by atoms with E-state index in [1.807, 2.05) is 6.20 Å². The van der Waals surface area contributed by atoms with Crippen molar-refractivity contribution in [3.05, 3.63) is 47.2 Å². The van der Waals surface area contributed by atoms with Crippen LogP contribution in [0, 0.1) is 5.92 Å². The molecule has 4 rings (SSSR count). The zero-order chi connectivity index (χ0) is 20.5. The fourth-order valence-corrected chi connectivity index (χ4v) is 2.87. The van der Waals surface area contributed by atoms with Crippen LogP contribution in [0.15, 0.2) is 47.2 Å². The Balaban J connectivity index is 0.000000187. The van der Waals surface area contributed by atoms with Gasteiger partial charge in [0.2, 0.25) is 0 Å². The summed E-state index contributed by atoms with van der Waals surface area (Å²) in [6, 6.07) is 0. The fraction of sp³-hybridized carbons (Fsp3) is 0.667. The molecule has 0 aromatic rings. The Morgan fingerprint density at radius 3 is 1.89 bits per heavy atom. The van der Waals surface area contributed by atoms with Gasteiger partial charge in [-0.05, 0) is 84.3 Å². The van der Waals surface area contributed by atoms with Crippen LogP contribution in [0.2, 0.25) is 0 Å². The van der Waals surface area contributed by atoms with Gasteiger partial charge >= 0.3 is 0 Å². The average Bonchev–Trinajstić information content (AvgIpc) is 2.72. The first-order valence-corrected chi connectivity index (χ1v) is 10.9. The predicted molar refractivity (Wildman–Crippen MR) is 123 cm³/mol. The van der Waals surface area contributed by atoms with E-state index in [2.05, 4.69) is 67.9 Å². The maximum Gasteiger partial charge on any atom is 0.0650 e. The molecule has 0 aromatic heterocycles. The standard InChI is InChI=1S/C6H13N.C6H11N.C6H9N.C6H10O/c4*1-6-2-4-7-5-3-6/h6-7H,2-5H2,1H3;2,7H,3-5H2,1H3;2-4,7H,5H2,1H3;2H,3-5H2,1H3. The molecule has 1 fully saturated rings. The molecule has 4 heterocycles. The van der Waals surface area contributed by atoms with Gasteiger partial charge in [0.1, 0.15) is 0 Å². The van der Waals surface area contributed by atoms with E-state index >= 15 is 0 Å². The van der Waals surface area contributed by atoms with Crippen LogP contribution >= 0.6 is 0 Å². The van der Waals surface area contributed by atoms with Gasteiger partial charge in [-0.25, -0.2) is 0 Å². The molecular formula is C24H43N3O. The summed E-state index contributed by atoms with van der Waals surface area (Å²) in [7, 11) is 0. The summed E-state index contributed by atoms with van der Waals surface area (Å²) in [5.74, 6) is 0.973. The third kappa shape index (κ3) is 14.7. The third-order valence-electron chi connectivity index (χ3n) is 5.12. The second kappa shape index (κ2) is 16.6. The highest BCUT2D eigenvalue weighted by atomic mass is 16.5. The summed E-state index contributed by atoms with van der Waals surface area (Å²) in [6.45, 7) is 16.2. The molecule has 0 spiro atoms. The molecule has 1 saturated heterocycles. The number of nitrogens with one attached hydrogen (secondary N) is 3. The van der Waals surface area contributed by atoms with Crippen molar-refractivity contribution in [2.24, 2.45) is 5.92 Å². The van der Waals surface area contributed by atoms with Crippen LogP contribution in [0.5, 0.6) is 0 Å². The van der Waals surface area contributed by atoms with E-state index in [0.29, 0.717) is 0 Å². The van der Waals surface area contributed by atoms with Gasteiger partial charge < -0.3 is 20.7 Å². The summed E-state index contributed by atoms with van der Waals surface area (Å²) >= 11 is 0. The van der Waals surface area contributed by atoms with E-state index in [9.17, 15) is 0 Å². The van der Waals surface area contributed by atoms with Crippen LogP contribution in [0.25, 0.3) is 0 Å². The number of rotatable bonds is 0. The Hall–Kier alpha value is -1.36. The zero-order valence-electron chi connectivity index (χ0n) is 18.7. The average molecular weight is 390 g/mol. The molecule has 0 atom stereocenters. The molecule has 0 bridgehead atoms. The van der Waals surface area contributed by atoms with Gasteiger partial charge in [0.05, 0.1) is 13.2 Å². The van der Waals surface area contributed by atoms with Gasteiger partial charge in [-0.1, -0.05) is 41.9 Å². The monoisotopic (exact) mass is 389 g/mol. The highest BCUT2D eigenvalue weighted by Crippen LogP contribution is 2.08. The first-order valence-electron chi connectivity index (χ1n) is 10.9. The lowest BCUT2D eigenvalue weighted by molar-refractivity contribution is 0.154. The summed E-state index contributed by atoms with van der Waals surface area (Å²) in [4.78, 5) is 0. The minimum absolute atomic E-state index is 0.825. The molecule has 160 valence electrons. The number of piperidine rings is 1. The SMILES string of the molecule is CC1=CCNC=C1.CC1=CCNCC1.CC1=CCOCC1.CC1CCNCC1. The van der Waals surface area contributed by atoms with E-state index in [4.69, 9.17) is 4.74 Å². The lowest BCUT2D eigenvalue weighted by atomic mass is 10.0. The Kier molecular flexibility index (Phi) is 14.6. The smallest absolute Gasteiger partial charge is 0.0650 e. The van der Waals surface area contributed by atoms with Gasteiger partial charge in [-0.15, -0.1) is 0 Å². The number of dihydropyridines is 1. The van der Waals surface area contributed by atoms with Crippen LogP contribution in [-0.4, -0.2) is 45.9 Å². The number of hydrogen-bond acceptors (Lipinski definition) is 4. The second-order valence-corrected chi connectivity index (χ2v) is 8.00. The Morgan fingerprint density at radius 2 is 1.61 bits per heavy atom. The molecule has 0 aliphatic carbocycles. The van der Waals surface area contributed by atoms with Crippen LogP contribution < -0.4 is 16.0 Å². The highest BCUT2D eigenvalue weighted by Gasteiger charge is 2.05. The van der Waals surface area contributed by atoms with Crippen molar-refractivity contribution < 1.29 is 4.74 Å². The first kappa shape index (κ1) is 24.7. The van der Waals surface area contributed by atoms with Crippen LogP contribution in [0.1, 0.15) is 53.4 Å². The summed E-state index contributed by atoms with van der Waals surface area (Å²) < 4.78 is 5.06. The molecule has 4 aliphatic heterocycles. The van der Waals surface area contributed by atoms with Crippen molar-refractivity contribution in [1.29, 1.82) is 0 Å². The summed E-state index contributed by atoms with van der Waals surface area (Å²) in [6.07, 6.45) is 15.7. The van der Waals surface area contributed by atoms with Gasteiger partial charge in [-0.2, -0.15) is 0 Å². The van der Waals surface area contributed by atoms with Gasteiger partial charge in [0.15, 0.2) is 0 Å². The third-order valence-corrected chi connectivity index (χ3v) is 5.12. The van der Waals surface area contributed by atoms with Crippen molar-refractivity contribution in [3.8, 4) is 0 Å². The minimum atomic E-state index is 0.825. The second-order valence-electron chi connectivity index (χ2n) is 8.00. The molecule has 0 amide bonds. The van der Waals surface area contributed by atoms with E-state index in [0.717, 1.165) is 38.6 Å². The van der Waals surface area contributed by atoms with Crippen LogP contribution in [-0.2, 0) is 4.74 Å². The quantitative estimate of drug-likeness (QED) is 0.540. The Labute approximate surface area is 173 Å². The molecule has 3 N–H and O–H groups in total. The van der Waals surface area contributed by atoms with Crippen molar-refractivity contribution >= 4 is 0 Å². The molecule has 4 aliphatic rings. The summed E-state index contributed by atoms with van der Waals surface area (Å²) in [5, 5.41) is 9.61. The van der Waals surface area contributed by atoms with E-state index in [-0.39, 0.29) is 0 Å². The fourth-order valence-electron chi connectivity index (χ4n) is 2.87. The number of ether oxygens (including phenoxy) is 1. The molecule has 4 nitrogen and oxygen atoms in total. The molecule has 28 heavy (non-hydrogen) atoms. The van der Waals surface area contributed by atoms with Crippen molar-refractivity contribution in [2.75, 3.05) is 45.9 Å². The van der Waals surface area contributed by atoms with E-state index in [1.165, 1.54) is 55.6 Å². The number of allylic oxidation sites excluding steroid dienone is 2. The normalized spacial score (nSPS) is 21.6. The number of hydrogen-bond donors (Lipinski definition) is 3. The Bertz CT molecular complexity index is 490. The summed E-state index contributed by atoms with van der Waals surface area (Å²) in [5.41, 5.74) is 4.34. The molecule has 4 heteroatoms. The zero-order valence-corrected chi connectivity index (χ0v) is 18.7. The largest absolute Gasteiger partial charge is 0.387 e.